The zero-order valence-corrected chi connectivity index (χ0v) is 26.5. The third-order valence-corrected chi connectivity index (χ3v) is 6.85. The topological polar surface area (TPSA) is 113 Å². The number of nitrogens with zero attached hydrogens (tertiary/aromatic N) is 4. The number of amides is 2. The summed E-state index contributed by atoms with van der Waals surface area (Å²) in [5.74, 6) is 0.371. The van der Waals surface area contributed by atoms with Crippen molar-refractivity contribution in [3.63, 3.8) is 0 Å². The molecule has 9 heteroatoms. The number of aromatic nitrogens is 1. The van der Waals surface area contributed by atoms with E-state index in [4.69, 9.17) is 10.5 Å². The summed E-state index contributed by atoms with van der Waals surface area (Å²) in [6.45, 7) is 17.9. The van der Waals surface area contributed by atoms with Crippen molar-refractivity contribution in [3.8, 4) is 0 Å². The number of hydrogen-bond donors (Lipinski definition) is 2. The number of carbonyl (C=O) groups is 2. The van der Waals surface area contributed by atoms with E-state index in [9.17, 15) is 9.59 Å². The maximum atomic E-state index is 13.4. The molecule has 3 N–H and O–H groups in total. The first-order chi connectivity index (χ1) is 19.5. The average molecular weight is 567 g/mol. The van der Waals surface area contributed by atoms with E-state index in [1.807, 2.05) is 66.7 Å². The van der Waals surface area contributed by atoms with Crippen LogP contribution >= 0.6 is 0 Å². The number of esters is 1. The van der Waals surface area contributed by atoms with Gasteiger partial charge >= 0.3 is 12.0 Å². The highest BCUT2D eigenvalue weighted by atomic mass is 16.6. The lowest BCUT2D eigenvalue weighted by atomic mass is 10.0. The number of benzene rings is 1. The van der Waals surface area contributed by atoms with E-state index in [0.29, 0.717) is 36.6 Å². The van der Waals surface area contributed by atoms with Crippen LogP contribution in [0.4, 0.5) is 27.7 Å². The number of pyridine rings is 1. The standard InChI is InChI=1S/C30H44N6O3.C2H6/c1-8-14-35(15-11-21(9-2)28(37)39-30(4,5)6)26-10-13-33-27-23(26)12-16-36(27)29(38)34-25-18-22(19-32-7)24(31)17-20(25)3;1-2/h10,13,17-19,21H,8-9,11-12,14-16,31H2,1-7H3,(H,34,38);1-2H3. The van der Waals surface area contributed by atoms with E-state index in [1.54, 1.807) is 24.4 Å². The molecule has 0 spiro atoms. The highest BCUT2D eigenvalue weighted by molar-refractivity contribution is 6.04. The Kier molecular flexibility index (Phi) is 12.6. The van der Waals surface area contributed by atoms with Gasteiger partial charge < -0.3 is 20.7 Å². The molecule has 1 aromatic carbocycles. The van der Waals surface area contributed by atoms with E-state index in [1.165, 1.54) is 0 Å². The van der Waals surface area contributed by atoms with Gasteiger partial charge in [0, 0.05) is 67.3 Å². The number of anilines is 4. The van der Waals surface area contributed by atoms with Crippen LogP contribution in [-0.2, 0) is 16.0 Å². The smallest absolute Gasteiger partial charge is 0.327 e. The largest absolute Gasteiger partial charge is 0.460 e. The van der Waals surface area contributed by atoms with E-state index in [0.717, 1.165) is 48.3 Å². The van der Waals surface area contributed by atoms with Gasteiger partial charge in [0.05, 0.1) is 5.92 Å². The number of aryl methyl sites for hydroxylation is 1. The van der Waals surface area contributed by atoms with Crippen molar-refractivity contribution < 1.29 is 14.3 Å². The van der Waals surface area contributed by atoms with Crippen molar-refractivity contribution >= 4 is 41.1 Å². The molecule has 2 amide bonds. The van der Waals surface area contributed by atoms with Gasteiger partial charge in [-0.05, 0) is 77.1 Å². The highest BCUT2D eigenvalue weighted by Gasteiger charge is 2.31. The summed E-state index contributed by atoms with van der Waals surface area (Å²) < 4.78 is 5.66. The first-order valence-corrected chi connectivity index (χ1v) is 14.9. The average Bonchev–Trinajstić information content (AvgIpc) is 3.36. The summed E-state index contributed by atoms with van der Waals surface area (Å²) in [5.41, 5.74) is 10.7. The summed E-state index contributed by atoms with van der Waals surface area (Å²) >= 11 is 0. The Morgan fingerprint density at radius 3 is 2.56 bits per heavy atom. The summed E-state index contributed by atoms with van der Waals surface area (Å²) in [6.07, 6.45) is 6.55. The van der Waals surface area contributed by atoms with Crippen molar-refractivity contribution in [2.45, 2.75) is 86.7 Å². The zero-order chi connectivity index (χ0) is 30.7. The number of hydrogen-bond acceptors (Lipinski definition) is 7. The van der Waals surface area contributed by atoms with Crippen molar-refractivity contribution in [1.29, 1.82) is 0 Å². The first-order valence-electron chi connectivity index (χ1n) is 14.9. The van der Waals surface area contributed by atoms with Crippen LogP contribution in [0, 0.1) is 12.8 Å². The molecule has 0 bridgehead atoms. The minimum atomic E-state index is -0.500. The number of fused-ring (bicyclic) bond motifs is 1. The summed E-state index contributed by atoms with van der Waals surface area (Å²) in [7, 11) is 1.68. The Morgan fingerprint density at radius 2 is 1.95 bits per heavy atom. The maximum Gasteiger partial charge on any atom is 0.327 e. The Hall–Kier alpha value is -3.62. The number of nitrogens with two attached hydrogens (primary N) is 1. The monoisotopic (exact) mass is 566 g/mol. The fourth-order valence-corrected chi connectivity index (χ4v) is 4.89. The Morgan fingerprint density at radius 1 is 1.24 bits per heavy atom. The fraction of sp³-hybridized carbons (Fsp3) is 0.562. The van der Waals surface area contributed by atoms with E-state index in [2.05, 4.69) is 27.1 Å². The van der Waals surface area contributed by atoms with E-state index >= 15 is 0 Å². The minimum absolute atomic E-state index is 0.143. The molecule has 9 nitrogen and oxygen atoms in total. The van der Waals surface area contributed by atoms with Crippen molar-refractivity contribution in [1.82, 2.24) is 4.98 Å². The molecule has 1 unspecified atom stereocenters. The van der Waals surface area contributed by atoms with Gasteiger partial charge in [0.2, 0.25) is 0 Å². The van der Waals surface area contributed by atoms with Crippen molar-refractivity contribution in [3.05, 3.63) is 41.1 Å². The lowest BCUT2D eigenvalue weighted by molar-refractivity contribution is -0.160. The Bertz CT molecular complexity index is 1200. The molecular formula is C32H50N6O3. The van der Waals surface area contributed by atoms with Crippen LogP contribution in [0.25, 0.3) is 0 Å². The van der Waals surface area contributed by atoms with Gasteiger partial charge in [-0.2, -0.15) is 0 Å². The van der Waals surface area contributed by atoms with Crippen molar-refractivity contribution in [2.75, 3.05) is 47.5 Å². The fourth-order valence-electron chi connectivity index (χ4n) is 4.89. The molecule has 1 atom stereocenters. The molecule has 41 heavy (non-hydrogen) atoms. The van der Waals surface area contributed by atoms with Crippen LogP contribution in [0.3, 0.4) is 0 Å². The molecule has 0 aliphatic carbocycles. The number of ether oxygens (including phenoxy) is 1. The van der Waals surface area contributed by atoms with Gasteiger partial charge in [0.25, 0.3) is 0 Å². The predicted octanol–water partition coefficient (Wildman–Crippen LogP) is 6.62. The maximum absolute atomic E-state index is 13.4. The van der Waals surface area contributed by atoms with Crippen LogP contribution in [0.1, 0.15) is 84.4 Å². The number of urea groups is 1. The van der Waals surface area contributed by atoms with Crippen LogP contribution in [0.15, 0.2) is 29.4 Å². The first kappa shape index (κ1) is 33.6. The van der Waals surface area contributed by atoms with Crippen LogP contribution in [0.2, 0.25) is 0 Å². The van der Waals surface area contributed by atoms with Crippen LogP contribution in [-0.4, -0.2) is 55.5 Å². The Labute approximate surface area is 246 Å². The van der Waals surface area contributed by atoms with Gasteiger partial charge in [-0.1, -0.05) is 27.7 Å². The zero-order valence-electron chi connectivity index (χ0n) is 26.5. The van der Waals surface area contributed by atoms with E-state index < -0.39 is 5.60 Å². The van der Waals surface area contributed by atoms with Crippen LogP contribution in [0.5, 0.6) is 0 Å². The predicted molar refractivity (Wildman–Crippen MR) is 172 cm³/mol. The highest BCUT2D eigenvalue weighted by Crippen LogP contribution is 2.35. The van der Waals surface area contributed by atoms with Gasteiger partial charge in [-0.15, -0.1) is 0 Å². The lowest BCUT2D eigenvalue weighted by Crippen LogP contribution is -2.34. The summed E-state index contributed by atoms with van der Waals surface area (Å²) in [4.78, 5) is 38.8. The lowest BCUT2D eigenvalue weighted by Gasteiger charge is -2.29. The number of carbonyl (C=O) groups excluding carboxylic acids is 2. The quantitative estimate of drug-likeness (QED) is 0.190. The number of aliphatic imine (C=N–C) groups is 1. The molecule has 2 aromatic rings. The molecule has 1 aromatic heterocycles. The molecule has 0 fully saturated rings. The van der Waals surface area contributed by atoms with Gasteiger partial charge in [-0.3, -0.25) is 14.7 Å². The van der Waals surface area contributed by atoms with E-state index in [-0.39, 0.29) is 17.9 Å². The number of nitrogens with one attached hydrogen (secondary N) is 1. The Balaban J connectivity index is 0.00000287. The third kappa shape index (κ3) is 8.93. The number of rotatable bonds is 10. The molecule has 1 aliphatic rings. The van der Waals surface area contributed by atoms with Crippen LogP contribution < -0.4 is 20.9 Å². The summed E-state index contributed by atoms with van der Waals surface area (Å²) in [6, 6.07) is 5.47. The molecule has 0 saturated heterocycles. The second-order valence-corrected chi connectivity index (χ2v) is 11.1. The van der Waals surface area contributed by atoms with Gasteiger partial charge in [0.15, 0.2) is 0 Å². The molecule has 0 saturated carbocycles. The molecule has 1 aliphatic heterocycles. The third-order valence-electron chi connectivity index (χ3n) is 6.85. The second-order valence-electron chi connectivity index (χ2n) is 11.1. The minimum Gasteiger partial charge on any atom is -0.460 e. The van der Waals surface area contributed by atoms with Crippen molar-refractivity contribution in [2.24, 2.45) is 10.9 Å². The normalized spacial score (nSPS) is 13.3. The summed E-state index contributed by atoms with van der Waals surface area (Å²) in [5, 5.41) is 3.04. The van der Waals surface area contributed by atoms with Gasteiger partial charge in [-0.25, -0.2) is 9.78 Å². The molecule has 3 rings (SSSR count). The second kappa shape index (κ2) is 15.4. The molecular weight excluding hydrogens is 516 g/mol. The molecule has 0 radical (unpaired) electrons. The number of nitrogen functional groups attached to an aromatic ring is 1. The molecule has 2 heterocycles. The van der Waals surface area contributed by atoms with Gasteiger partial charge in [0.1, 0.15) is 11.4 Å². The SMILES string of the molecule is CC.CCCN(CCC(CC)C(=O)OC(C)(C)C)c1ccnc2c1CCN2C(=O)Nc1cc(C=NC)c(N)cc1C. The molecule has 226 valence electrons.